The van der Waals surface area contributed by atoms with Crippen molar-refractivity contribution >= 4 is 29.6 Å². The predicted molar refractivity (Wildman–Crippen MR) is 161 cm³/mol. The summed E-state index contributed by atoms with van der Waals surface area (Å²) in [4.78, 5) is 68.0. The van der Waals surface area contributed by atoms with Crippen LogP contribution >= 0.6 is 0 Å². The molecule has 13 nitrogen and oxygen atoms in total. The van der Waals surface area contributed by atoms with Gasteiger partial charge in [-0.05, 0) is 56.2 Å². The Bertz CT molecular complexity index is 1870. The van der Waals surface area contributed by atoms with Gasteiger partial charge in [-0.2, -0.15) is 5.26 Å². The lowest BCUT2D eigenvalue weighted by atomic mass is 9.69. The van der Waals surface area contributed by atoms with Crippen molar-refractivity contribution in [3.63, 3.8) is 0 Å². The summed E-state index contributed by atoms with van der Waals surface area (Å²) < 4.78 is 34.9. The van der Waals surface area contributed by atoms with E-state index in [1.54, 1.807) is 25.3 Å². The molecule has 3 heterocycles. The maximum Gasteiger partial charge on any atom is 0.351 e. The average molecular weight is 643 g/mol. The second kappa shape index (κ2) is 12.6. The molecular formula is C34H30N2O11. The Morgan fingerprint density at radius 1 is 1.04 bits per heavy atom. The lowest BCUT2D eigenvalue weighted by molar-refractivity contribution is -0.246. The van der Waals surface area contributed by atoms with Crippen molar-refractivity contribution in [2.75, 3.05) is 0 Å². The van der Waals surface area contributed by atoms with Crippen LogP contribution in [0.1, 0.15) is 68.9 Å². The molecule has 0 radical (unpaired) electrons. The molecule has 1 aliphatic heterocycles. The summed E-state index contributed by atoms with van der Waals surface area (Å²) in [5, 5.41) is 9.17. The van der Waals surface area contributed by atoms with Crippen molar-refractivity contribution < 1.29 is 47.3 Å². The molecule has 1 fully saturated rings. The van der Waals surface area contributed by atoms with Gasteiger partial charge in [-0.25, -0.2) is 9.59 Å². The molecule has 3 aromatic rings. The summed E-state index contributed by atoms with van der Waals surface area (Å²) >= 11 is 0. The first-order valence-corrected chi connectivity index (χ1v) is 14.5. The molecule has 13 heteroatoms. The van der Waals surface area contributed by atoms with Crippen LogP contribution < -0.4 is 10.4 Å². The summed E-state index contributed by atoms with van der Waals surface area (Å²) in [5.74, 6) is -5.91. The third-order valence-electron chi connectivity index (χ3n) is 8.03. The van der Waals surface area contributed by atoms with Crippen LogP contribution in [-0.2, 0) is 33.3 Å². The third-order valence-corrected chi connectivity index (χ3v) is 8.03. The number of nitriles is 1. The Balaban J connectivity index is 1.70. The van der Waals surface area contributed by atoms with Gasteiger partial charge >= 0.3 is 29.5 Å². The highest BCUT2D eigenvalue weighted by molar-refractivity contribution is 5.90. The number of nitrogens with zero attached hydrogens (tertiary/aromatic N) is 2. The van der Waals surface area contributed by atoms with E-state index in [0.717, 1.165) is 20.8 Å². The molecule has 5 rings (SSSR count). The summed E-state index contributed by atoms with van der Waals surface area (Å²) in [5.41, 5.74) is -1.53. The highest BCUT2D eigenvalue weighted by Gasteiger charge is 2.58. The van der Waals surface area contributed by atoms with Gasteiger partial charge in [-0.3, -0.25) is 19.4 Å². The first kappa shape index (κ1) is 32.6. The minimum Gasteiger partial charge on any atom is -0.478 e. The first-order chi connectivity index (χ1) is 22.2. The molecule has 0 amide bonds. The lowest BCUT2D eigenvalue weighted by Crippen LogP contribution is -2.58. The van der Waals surface area contributed by atoms with Crippen LogP contribution in [0.4, 0.5) is 0 Å². The summed E-state index contributed by atoms with van der Waals surface area (Å²) in [6, 6.07) is 12.5. The van der Waals surface area contributed by atoms with Crippen molar-refractivity contribution in [2.45, 2.75) is 65.0 Å². The van der Waals surface area contributed by atoms with Crippen molar-refractivity contribution in [3.05, 3.63) is 87.5 Å². The maximum absolute atomic E-state index is 13.6. The van der Waals surface area contributed by atoms with Crippen LogP contribution in [0, 0.1) is 17.2 Å². The highest BCUT2D eigenvalue weighted by Crippen LogP contribution is 2.52. The molecule has 1 aromatic carbocycles. The number of ether oxygens (including phenoxy) is 5. The van der Waals surface area contributed by atoms with Gasteiger partial charge < -0.3 is 28.1 Å². The van der Waals surface area contributed by atoms with Gasteiger partial charge in [0.25, 0.3) is 5.79 Å². The second-order valence-corrected chi connectivity index (χ2v) is 11.4. The third kappa shape index (κ3) is 6.48. The van der Waals surface area contributed by atoms with E-state index in [0.29, 0.717) is 11.1 Å². The van der Waals surface area contributed by atoms with Gasteiger partial charge in [0.1, 0.15) is 23.2 Å². The van der Waals surface area contributed by atoms with Crippen molar-refractivity contribution in [3.8, 4) is 23.1 Å². The van der Waals surface area contributed by atoms with Gasteiger partial charge in [-0.1, -0.05) is 0 Å². The van der Waals surface area contributed by atoms with E-state index in [4.69, 9.17) is 28.1 Å². The molecule has 0 N–H and O–H groups in total. The van der Waals surface area contributed by atoms with Crippen molar-refractivity contribution in [1.82, 2.24) is 4.98 Å². The number of fused-ring (bicyclic) bond motifs is 2. The Morgan fingerprint density at radius 2 is 1.72 bits per heavy atom. The number of hydrogen-bond donors (Lipinski definition) is 0. The van der Waals surface area contributed by atoms with Crippen LogP contribution in [0.2, 0.25) is 0 Å². The molecule has 242 valence electrons. The number of carbonyl (C=O) groups is 4. The van der Waals surface area contributed by atoms with E-state index in [-0.39, 0.29) is 46.8 Å². The van der Waals surface area contributed by atoms with Crippen LogP contribution in [0.15, 0.2) is 69.6 Å². The number of carbonyl (C=O) groups excluding carboxylic acids is 4. The molecule has 47 heavy (non-hydrogen) atoms. The maximum atomic E-state index is 13.6. The monoisotopic (exact) mass is 642 g/mol. The molecule has 0 unspecified atom stereocenters. The number of benzene rings is 1. The zero-order valence-corrected chi connectivity index (χ0v) is 26.2. The van der Waals surface area contributed by atoms with Gasteiger partial charge in [0.2, 0.25) is 0 Å². The molecule has 1 aliphatic carbocycles. The van der Waals surface area contributed by atoms with E-state index in [1.165, 1.54) is 43.5 Å². The highest BCUT2D eigenvalue weighted by atomic mass is 16.7. The number of pyridine rings is 1. The van der Waals surface area contributed by atoms with Crippen molar-refractivity contribution in [2.24, 2.45) is 5.92 Å². The fourth-order valence-corrected chi connectivity index (χ4v) is 5.90. The van der Waals surface area contributed by atoms with E-state index in [2.05, 4.69) is 4.98 Å². The standard InChI is InChI=1S/C34H30N2O11/c1-18(37)42-30-25-13-24(34(5,45-19(2)38)46-20(3)39)14-28(44-31(40)22-10-8-21(16-35)9-11-22)33(25,4)47-27-15-26(43-32(41)29(27)30)23-7-6-12-36-17-23/h6-12,15,17,24,28H,13-14H2,1-5H3/t24-,28-,33-/m0/s1. The Labute approximate surface area is 268 Å². The van der Waals surface area contributed by atoms with Gasteiger partial charge in [0.15, 0.2) is 11.4 Å². The summed E-state index contributed by atoms with van der Waals surface area (Å²) in [6.45, 7) is 6.43. The van der Waals surface area contributed by atoms with E-state index in [9.17, 15) is 29.2 Å². The number of aromatic nitrogens is 1. The number of hydrogen-bond acceptors (Lipinski definition) is 13. The van der Waals surface area contributed by atoms with E-state index >= 15 is 0 Å². The molecular weight excluding hydrogens is 612 g/mol. The summed E-state index contributed by atoms with van der Waals surface area (Å²) in [6.07, 6.45) is 1.68. The minimum absolute atomic E-state index is 0.0109. The summed E-state index contributed by atoms with van der Waals surface area (Å²) in [7, 11) is 0. The average Bonchev–Trinajstić information content (AvgIpc) is 3.00. The largest absolute Gasteiger partial charge is 0.478 e. The minimum atomic E-state index is -1.87. The number of rotatable bonds is 7. The van der Waals surface area contributed by atoms with Crippen LogP contribution in [0.5, 0.6) is 5.75 Å². The van der Waals surface area contributed by atoms with Crippen molar-refractivity contribution in [1.29, 1.82) is 5.26 Å². The lowest BCUT2D eigenvalue weighted by Gasteiger charge is -2.50. The Morgan fingerprint density at radius 3 is 2.30 bits per heavy atom. The molecule has 0 saturated heterocycles. The molecule has 0 bridgehead atoms. The first-order valence-electron chi connectivity index (χ1n) is 14.5. The fraction of sp³-hybridized carbons (Fsp3) is 0.324. The topological polar surface area (TPSA) is 181 Å². The van der Waals surface area contributed by atoms with Gasteiger partial charge in [0, 0.05) is 63.2 Å². The van der Waals surface area contributed by atoms with E-state index in [1.807, 2.05) is 6.07 Å². The molecule has 2 aromatic heterocycles. The second-order valence-electron chi connectivity index (χ2n) is 11.4. The van der Waals surface area contributed by atoms with E-state index < -0.39 is 52.9 Å². The zero-order valence-electron chi connectivity index (χ0n) is 26.2. The number of esters is 4. The zero-order chi connectivity index (χ0) is 34.1. The Kier molecular flexibility index (Phi) is 8.71. The fourth-order valence-electron chi connectivity index (χ4n) is 5.90. The van der Waals surface area contributed by atoms with Crippen LogP contribution in [0.25, 0.3) is 17.1 Å². The normalized spacial score (nSPS) is 20.0. The van der Waals surface area contributed by atoms with Crippen LogP contribution in [0.3, 0.4) is 0 Å². The molecule has 3 atom stereocenters. The van der Waals surface area contributed by atoms with Crippen LogP contribution in [-0.4, -0.2) is 46.4 Å². The smallest absolute Gasteiger partial charge is 0.351 e. The van der Waals surface area contributed by atoms with Gasteiger partial charge in [-0.15, -0.1) is 0 Å². The quantitative estimate of drug-likeness (QED) is 0.200. The molecule has 2 aliphatic rings. The van der Waals surface area contributed by atoms with Gasteiger partial charge in [0.05, 0.1) is 17.2 Å². The molecule has 0 spiro atoms. The Hall–Kier alpha value is -5.77. The predicted octanol–water partition coefficient (Wildman–Crippen LogP) is 4.48. The SMILES string of the molecule is CC(=O)OC1=C2C[C@H](C(C)(OC(C)=O)OC(C)=O)C[C@H](OC(=O)c3ccc(C#N)cc3)[C@@]2(C)Oc2cc(-c3cccnc3)oc(=O)c21. The molecule has 1 saturated carbocycles.